The maximum Gasteiger partial charge on any atom is 0.234 e. The molecule has 3 aromatic rings. The summed E-state index contributed by atoms with van der Waals surface area (Å²) in [6.07, 6.45) is 1.54. The Balaban J connectivity index is 1.62. The summed E-state index contributed by atoms with van der Waals surface area (Å²) in [5.41, 5.74) is 2.12. The fraction of sp³-hybridized carbons (Fsp3) is 0.0714. The second-order valence-electron chi connectivity index (χ2n) is 4.27. The van der Waals surface area contributed by atoms with E-state index in [-0.39, 0.29) is 11.7 Å². The second kappa shape index (κ2) is 6.15. The first-order chi connectivity index (χ1) is 10.2. The third kappa shape index (κ3) is 3.53. The van der Waals surface area contributed by atoms with Gasteiger partial charge in [0.25, 0.3) is 0 Å². The van der Waals surface area contributed by atoms with E-state index < -0.39 is 0 Å². The number of nitrogens with one attached hydrogen (secondary N) is 2. The van der Waals surface area contributed by atoms with Crippen LogP contribution in [-0.2, 0) is 4.79 Å². The molecule has 0 aliphatic carbocycles. The first-order valence-electron chi connectivity index (χ1n) is 6.20. The van der Waals surface area contributed by atoms with Gasteiger partial charge in [0, 0.05) is 11.9 Å². The lowest BCUT2D eigenvalue weighted by Crippen LogP contribution is -2.13. The zero-order valence-corrected chi connectivity index (χ0v) is 12.4. The Morgan fingerprint density at radius 2 is 2.14 bits per heavy atom. The zero-order chi connectivity index (χ0) is 14.7. The van der Waals surface area contributed by atoms with Crippen LogP contribution in [0.2, 0.25) is 5.02 Å². The van der Waals surface area contributed by atoms with Crippen molar-refractivity contribution in [2.45, 2.75) is 5.16 Å². The number of benzene rings is 1. The Hall–Kier alpha value is -2.05. The third-order valence-corrected chi connectivity index (χ3v) is 3.76. The Kier molecular flexibility index (Phi) is 4.08. The highest BCUT2D eigenvalue weighted by molar-refractivity contribution is 7.99. The minimum atomic E-state index is -0.0855. The highest BCUT2D eigenvalue weighted by atomic mass is 35.5. The van der Waals surface area contributed by atoms with Gasteiger partial charge in [-0.25, -0.2) is 9.97 Å². The number of pyridine rings is 1. The zero-order valence-electron chi connectivity index (χ0n) is 10.8. The lowest BCUT2D eigenvalue weighted by atomic mass is 10.3. The molecule has 21 heavy (non-hydrogen) atoms. The minimum Gasteiger partial charge on any atom is -0.331 e. The number of amides is 1. The maximum absolute atomic E-state index is 11.8. The molecule has 0 saturated heterocycles. The summed E-state index contributed by atoms with van der Waals surface area (Å²) in [7, 11) is 0. The normalized spacial score (nSPS) is 10.7. The minimum absolute atomic E-state index is 0.0855. The van der Waals surface area contributed by atoms with Gasteiger partial charge < -0.3 is 10.3 Å². The van der Waals surface area contributed by atoms with Crippen molar-refractivity contribution in [2.75, 3.05) is 11.1 Å². The summed E-state index contributed by atoms with van der Waals surface area (Å²) in [5, 5.41) is 4.00. The van der Waals surface area contributed by atoms with E-state index in [1.54, 1.807) is 12.3 Å². The van der Waals surface area contributed by atoms with Crippen molar-refractivity contribution < 1.29 is 4.79 Å². The predicted octanol–water partition coefficient (Wildman–Crippen LogP) is 3.34. The molecule has 5 nitrogen and oxygen atoms in total. The van der Waals surface area contributed by atoms with Crippen LogP contribution in [0.3, 0.4) is 0 Å². The molecule has 1 amide bonds. The molecule has 0 unspecified atom stereocenters. The number of hydrogen-bond acceptors (Lipinski definition) is 4. The smallest absolute Gasteiger partial charge is 0.234 e. The number of hydrogen-bond donors (Lipinski definition) is 2. The van der Waals surface area contributed by atoms with Crippen LogP contribution in [0.25, 0.3) is 11.2 Å². The predicted molar refractivity (Wildman–Crippen MR) is 84.7 cm³/mol. The highest BCUT2D eigenvalue weighted by Gasteiger charge is 2.08. The van der Waals surface area contributed by atoms with Crippen LogP contribution in [-0.4, -0.2) is 26.6 Å². The van der Waals surface area contributed by atoms with Crippen LogP contribution in [0.15, 0.2) is 47.8 Å². The SMILES string of the molecule is O=C(CSc1nc2ncc(Cl)cc2[nH]1)Nc1ccccc1. The molecule has 106 valence electrons. The quantitative estimate of drug-likeness (QED) is 0.724. The van der Waals surface area contributed by atoms with Gasteiger partial charge in [0.15, 0.2) is 10.8 Å². The first-order valence-corrected chi connectivity index (χ1v) is 7.56. The summed E-state index contributed by atoms with van der Waals surface area (Å²) in [6, 6.07) is 11.1. The Bertz CT molecular complexity index is 775. The van der Waals surface area contributed by atoms with Crippen LogP contribution in [0.4, 0.5) is 5.69 Å². The Morgan fingerprint density at radius 1 is 1.33 bits per heavy atom. The number of aromatic nitrogens is 3. The van der Waals surface area contributed by atoms with E-state index in [4.69, 9.17) is 11.6 Å². The van der Waals surface area contributed by atoms with E-state index in [0.29, 0.717) is 15.8 Å². The number of thioether (sulfide) groups is 1. The van der Waals surface area contributed by atoms with Gasteiger partial charge in [0.05, 0.1) is 16.3 Å². The van der Waals surface area contributed by atoms with Gasteiger partial charge in [-0.15, -0.1) is 0 Å². The van der Waals surface area contributed by atoms with Gasteiger partial charge in [-0.1, -0.05) is 41.6 Å². The molecule has 2 N–H and O–H groups in total. The number of H-pyrrole nitrogens is 1. The molecule has 2 aromatic heterocycles. The topological polar surface area (TPSA) is 70.7 Å². The monoisotopic (exact) mass is 318 g/mol. The molecule has 7 heteroatoms. The fourth-order valence-electron chi connectivity index (χ4n) is 1.77. The fourth-order valence-corrected chi connectivity index (χ4v) is 2.60. The molecule has 3 rings (SSSR count). The van der Waals surface area contributed by atoms with Gasteiger partial charge in [-0.05, 0) is 18.2 Å². The standard InChI is InChI=1S/C14H11ClN4OS/c15-9-6-11-13(16-7-9)19-14(18-11)21-8-12(20)17-10-4-2-1-3-5-10/h1-7H,8H2,(H,17,20)(H,16,18,19). The van der Waals surface area contributed by atoms with Crippen molar-refractivity contribution in [3.8, 4) is 0 Å². The average molecular weight is 319 g/mol. The van der Waals surface area contributed by atoms with Crippen molar-refractivity contribution in [1.82, 2.24) is 15.0 Å². The summed E-state index contributed by atoms with van der Waals surface area (Å²) < 4.78 is 0. The number of carbonyl (C=O) groups excluding carboxylic acids is 1. The molecule has 0 saturated carbocycles. The number of imidazole rings is 1. The summed E-state index contributed by atoms with van der Waals surface area (Å²) in [4.78, 5) is 23.3. The van der Waals surface area contributed by atoms with Crippen molar-refractivity contribution in [1.29, 1.82) is 0 Å². The molecule has 0 aliphatic rings. The number of rotatable bonds is 4. The third-order valence-electron chi connectivity index (χ3n) is 2.68. The van der Waals surface area contributed by atoms with Gasteiger partial charge in [0.2, 0.25) is 5.91 Å². The number of para-hydroxylation sites is 1. The largest absolute Gasteiger partial charge is 0.331 e. The van der Waals surface area contributed by atoms with E-state index in [0.717, 1.165) is 11.2 Å². The Morgan fingerprint density at radius 3 is 2.95 bits per heavy atom. The molecule has 0 bridgehead atoms. The number of nitrogens with zero attached hydrogens (tertiary/aromatic N) is 2. The van der Waals surface area contributed by atoms with E-state index in [1.807, 2.05) is 30.3 Å². The molecule has 0 radical (unpaired) electrons. The highest BCUT2D eigenvalue weighted by Crippen LogP contribution is 2.20. The maximum atomic E-state index is 11.8. The van der Waals surface area contributed by atoms with Crippen LogP contribution in [0, 0.1) is 0 Å². The lowest BCUT2D eigenvalue weighted by molar-refractivity contribution is -0.113. The van der Waals surface area contributed by atoms with Gasteiger partial charge in [-0.3, -0.25) is 4.79 Å². The molecule has 0 aliphatic heterocycles. The number of fused-ring (bicyclic) bond motifs is 1. The molecule has 0 fully saturated rings. The van der Waals surface area contributed by atoms with E-state index >= 15 is 0 Å². The van der Waals surface area contributed by atoms with Crippen molar-refractivity contribution in [3.05, 3.63) is 47.6 Å². The van der Waals surface area contributed by atoms with Crippen molar-refractivity contribution in [2.24, 2.45) is 0 Å². The average Bonchev–Trinajstić information content (AvgIpc) is 2.88. The van der Waals surface area contributed by atoms with Crippen LogP contribution in [0.1, 0.15) is 0 Å². The summed E-state index contributed by atoms with van der Waals surface area (Å²) >= 11 is 7.18. The van der Waals surface area contributed by atoms with Gasteiger partial charge in [0.1, 0.15) is 0 Å². The molecule has 1 aromatic carbocycles. The number of halogens is 1. The van der Waals surface area contributed by atoms with Gasteiger partial charge >= 0.3 is 0 Å². The lowest BCUT2D eigenvalue weighted by Gasteiger charge is -2.03. The van der Waals surface area contributed by atoms with Crippen molar-refractivity contribution >= 4 is 46.1 Å². The van der Waals surface area contributed by atoms with E-state index in [1.165, 1.54) is 11.8 Å². The number of carbonyl (C=O) groups is 1. The number of anilines is 1. The van der Waals surface area contributed by atoms with Crippen LogP contribution < -0.4 is 5.32 Å². The second-order valence-corrected chi connectivity index (χ2v) is 5.67. The van der Waals surface area contributed by atoms with Gasteiger partial charge in [-0.2, -0.15) is 0 Å². The molecule has 2 heterocycles. The van der Waals surface area contributed by atoms with Crippen LogP contribution in [0.5, 0.6) is 0 Å². The summed E-state index contributed by atoms with van der Waals surface area (Å²) in [6.45, 7) is 0. The summed E-state index contributed by atoms with van der Waals surface area (Å²) in [5.74, 6) is 0.181. The number of aromatic amines is 1. The molecule has 0 atom stereocenters. The Labute approximate surface area is 130 Å². The van der Waals surface area contributed by atoms with Crippen LogP contribution >= 0.6 is 23.4 Å². The first kappa shape index (κ1) is 13.9. The molecular weight excluding hydrogens is 308 g/mol. The molecule has 0 spiro atoms. The van der Waals surface area contributed by atoms with Crippen molar-refractivity contribution in [3.63, 3.8) is 0 Å². The molecular formula is C14H11ClN4OS. The van der Waals surface area contributed by atoms with E-state index in [9.17, 15) is 4.79 Å². The van der Waals surface area contributed by atoms with E-state index in [2.05, 4.69) is 20.3 Å².